The monoisotopic (exact) mass is 496 g/mol. The van der Waals surface area contributed by atoms with Crippen molar-refractivity contribution >= 4 is 23.0 Å². The topological polar surface area (TPSA) is 78.2 Å². The van der Waals surface area contributed by atoms with E-state index in [0.29, 0.717) is 18.1 Å². The minimum atomic E-state index is -1.70. The zero-order valence-corrected chi connectivity index (χ0v) is 19.4. The van der Waals surface area contributed by atoms with Crippen LogP contribution in [0.2, 0.25) is 5.02 Å². The van der Waals surface area contributed by atoms with Gasteiger partial charge in [0.05, 0.1) is 18.8 Å². The van der Waals surface area contributed by atoms with Gasteiger partial charge in [-0.2, -0.15) is 5.10 Å². The highest BCUT2D eigenvalue weighted by molar-refractivity contribution is 6.30. The average Bonchev–Trinajstić information content (AvgIpc) is 3.47. The molecule has 0 saturated heterocycles. The van der Waals surface area contributed by atoms with Crippen LogP contribution in [0.25, 0.3) is 0 Å². The number of nitrogens with zero attached hydrogens (tertiary/aromatic N) is 4. The van der Waals surface area contributed by atoms with Crippen LogP contribution in [0.5, 0.6) is 0 Å². The molecule has 5 rings (SSSR count). The third-order valence-corrected chi connectivity index (χ3v) is 6.18. The molecule has 3 N–H and O–H groups in total. The fraction of sp³-hybridized carbons (Fsp3) is 0.200. The molecular weight excluding hydrogens is 474 g/mol. The second-order valence-electron chi connectivity index (χ2n) is 8.57. The van der Waals surface area contributed by atoms with Crippen molar-refractivity contribution in [3.8, 4) is 0 Å². The van der Waals surface area contributed by atoms with E-state index in [9.17, 15) is 13.9 Å². The summed E-state index contributed by atoms with van der Waals surface area (Å²) in [5.74, 6) is -1.53. The van der Waals surface area contributed by atoms with Crippen molar-refractivity contribution in [3.63, 3.8) is 0 Å². The summed E-state index contributed by atoms with van der Waals surface area (Å²) in [7, 11) is 0. The summed E-state index contributed by atoms with van der Waals surface area (Å²) in [6, 6.07) is 16.8. The SMILES string of the molecule is OC(CN1Cc2cc(NCc3ccc(Cl)cc3)ccc2N1)(Cn1cncn1)c1ccc(F)cc1F. The lowest BCUT2D eigenvalue weighted by Crippen LogP contribution is -2.45. The van der Waals surface area contributed by atoms with Gasteiger partial charge in [-0.25, -0.2) is 23.5 Å². The zero-order valence-electron chi connectivity index (χ0n) is 18.6. The van der Waals surface area contributed by atoms with E-state index in [1.807, 2.05) is 42.5 Å². The second kappa shape index (κ2) is 9.61. The molecule has 1 aliphatic rings. The van der Waals surface area contributed by atoms with Crippen LogP contribution >= 0.6 is 11.6 Å². The maximum absolute atomic E-state index is 14.7. The highest BCUT2D eigenvalue weighted by Crippen LogP contribution is 2.33. The average molecular weight is 497 g/mol. The molecule has 1 aromatic heterocycles. The summed E-state index contributed by atoms with van der Waals surface area (Å²) < 4.78 is 29.7. The number of nitrogens with one attached hydrogen (secondary N) is 2. The third kappa shape index (κ3) is 5.27. The van der Waals surface area contributed by atoms with Crippen molar-refractivity contribution in [2.45, 2.75) is 25.2 Å². The fourth-order valence-electron chi connectivity index (χ4n) is 4.25. The summed E-state index contributed by atoms with van der Waals surface area (Å²) in [6.07, 6.45) is 2.78. The van der Waals surface area contributed by atoms with Gasteiger partial charge < -0.3 is 15.8 Å². The van der Waals surface area contributed by atoms with Gasteiger partial charge in [0, 0.05) is 35.4 Å². The van der Waals surface area contributed by atoms with Crippen LogP contribution < -0.4 is 10.7 Å². The third-order valence-electron chi connectivity index (χ3n) is 5.93. The minimum absolute atomic E-state index is 0.0162. The van der Waals surface area contributed by atoms with E-state index in [4.69, 9.17) is 11.6 Å². The summed E-state index contributed by atoms with van der Waals surface area (Å²) >= 11 is 5.95. The van der Waals surface area contributed by atoms with Crippen LogP contribution in [0.3, 0.4) is 0 Å². The largest absolute Gasteiger partial charge is 0.382 e. The Morgan fingerprint density at radius 3 is 2.63 bits per heavy atom. The van der Waals surface area contributed by atoms with Gasteiger partial charge in [0.25, 0.3) is 0 Å². The van der Waals surface area contributed by atoms with Gasteiger partial charge in [-0.3, -0.25) is 0 Å². The van der Waals surface area contributed by atoms with Gasteiger partial charge in [-0.15, -0.1) is 0 Å². The molecule has 35 heavy (non-hydrogen) atoms. The maximum atomic E-state index is 14.7. The predicted octanol–water partition coefficient (Wildman–Crippen LogP) is 4.55. The molecule has 180 valence electrons. The molecule has 2 heterocycles. The van der Waals surface area contributed by atoms with Crippen molar-refractivity contribution in [2.75, 3.05) is 17.3 Å². The van der Waals surface area contributed by atoms with E-state index >= 15 is 0 Å². The smallest absolute Gasteiger partial charge is 0.137 e. The molecule has 0 bridgehead atoms. The molecule has 1 unspecified atom stereocenters. The van der Waals surface area contributed by atoms with E-state index in [0.717, 1.165) is 34.6 Å². The quantitative estimate of drug-likeness (QED) is 0.332. The number of hydrogen-bond acceptors (Lipinski definition) is 6. The van der Waals surface area contributed by atoms with Crippen molar-refractivity contribution in [2.24, 2.45) is 0 Å². The summed E-state index contributed by atoms with van der Waals surface area (Å²) in [5, 5.41) is 21.5. The van der Waals surface area contributed by atoms with Gasteiger partial charge >= 0.3 is 0 Å². The lowest BCUT2D eigenvalue weighted by molar-refractivity contribution is -0.0160. The zero-order chi connectivity index (χ0) is 24.4. The molecule has 10 heteroatoms. The number of hydrazine groups is 1. The van der Waals surface area contributed by atoms with Crippen molar-refractivity contribution < 1.29 is 13.9 Å². The Balaban J connectivity index is 1.32. The summed E-state index contributed by atoms with van der Waals surface area (Å²) in [4.78, 5) is 3.90. The van der Waals surface area contributed by atoms with Crippen LogP contribution in [0.4, 0.5) is 20.2 Å². The van der Waals surface area contributed by atoms with Crippen LogP contribution in [0.15, 0.2) is 73.3 Å². The van der Waals surface area contributed by atoms with Gasteiger partial charge in [0.1, 0.15) is 29.9 Å². The van der Waals surface area contributed by atoms with Crippen LogP contribution in [-0.2, 0) is 25.2 Å². The molecule has 0 saturated carbocycles. The number of aliphatic hydroxyl groups is 1. The molecule has 1 atom stereocenters. The molecule has 0 fully saturated rings. The number of benzene rings is 3. The van der Waals surface area contributed by atoms with Gasteiger partial charge in [0.2, 0.25) is 0 Å². The fourth-order valence-corrected chi connectivity index (χ4v) is 4.37. The molecule has 4 aromatic rings. The van der Waals surface area contributed by atoms with Crippen LogP contribution in [0, 0.1) is 11.6 Å². The molecule has 1 aliphatic heterocycles. The first-order valence-corrected chi connectivity index (χ1v) is 11.4. The maximum Gasteiger partial charge on any atom is 0.137 e. The highest BCUT2D eigenvalue weighted by Gasteiger charge is 2.37. The molecule has 7 nitrogen and oxygen atoms in total. The first-order chi connectivity index (χ1) is 16.9. The van der Waals surface area contributed by atoms with Crippen molar-refractivity contribution in [1.82, 2.24) is 19.8 Å². The molecule has 3 aromatic carbocycles. The number of hydrogen-bond donors (Lipinski definition) is 3. The number of aromatic nitrogens is 3. The Hall–Kier alpha value is -3.53. The lowest BCUT2D eigenvalue weighted by atomic mass is 9.92. The van der Waals surface area contributed by atoms with Crippen molar-refractivity contribution in [3.05, 3.63) is 107 Å². The predicted molar refractivity (Wildman–Crippen MR) is 130 cm³/mol. The summed E-state index contributed by atoms with van der Waals surface area (Å²) in [5.41, 5.74) is 5.52. The number of fused-ring (bicyclic) bond motifs is 1. The number of halogens is 3. The Morgan fingerprint density at radius 2 is 1.89 bits per heavy atom. The minimum Gasteiger partial charge on any atom is -0.382 e. The highest BCUT2D eigenvalue weighted by atomic mass is 35.5. The van der Waals surface area contributed by atoms with E-state index in [2.05, 4.69) is 20.8 Å². The lowest BCUT2D eigenvalue weighted by Gasteiger charge is -2.33. The molecule has 0 aliphatic carbocycles. The summed E-state index contributed by atoms with van der Waals surface area (Å²) in [6.45, 7) is 1.10. The Morgan fingerprint density at radius 1 is 1.06 bits per heavy atom. The van der Waals surface area contributed by atoms with Crippen LogP contribution in [-0.4, -0.2) is 31.4 Å². The molecule has 0 spiro atoms. The number of β-amino-alcohol motifs (C(OH)–C–C–N with tert-alkyl or cyclic N) is 1. The Kier molecular flexibility index (Phi) is 6.38. The molecule has 0 amide bonds. The number of rotatable bonds is 8. The normalized spacial score (nSPS) is 14.9. The first kappa shape index (κ1) is 23.2. The Labute approximate surface area is 206 Å². The van der Waals surface area contributed by atoms with E-state index in [-0.39, 0.29) is 18.7 Å². The van der Waals surface area contributed by atoms with Crippen molar-refractivity contribution in [1.29, 1.82) is 0 Å². The number of anilines is 2. The second-order valence-corrected chi connectivity index (χ2v) is 9.01. The van der Waals surface area contributed by atoms with E-state index < -0.39 is 17.2 Å². The van der Waals surface area contributed by atoms with E-state index in [1.54, 1.807) is 5.01 Å². The standard InChI is InChI=1S/C25H23ClF2N6O/c26-19-3-1-17(2-4-19)11-30-21-6-8-24-18(9-21)12-33(32-24)13-25(35,14-34-16-29-15-31-34)22-7-5-20(27)10-23(22)28/h1-10,15-16,30,32,35H,11-14H2. The molecule has 0 radical (unpaired) electrons. The van der Waals surface area contributed by atoms with E-state index in [1.165, 1.54) is 23.4 Å². The van der Waals surface area contributed by atoms with Gasteiger partial charge in [0.15, 0.2) is 0 Å². The first-order valence-electron chi connectivity index (χ1n) is 11.0. The Bertz CT molecular complexity index is 1320. The van der Waals surface area contributed by atoms with Gasteiger partial charge in [-0.1, -0.05) is 29.8 Å². The van der Waals surface area contributed by atoms with Crippen LogP contribution in [0.1, 0.15) is 16.7 Å². The molecular formula is C25H23ClF2N6O. The van der Waals surface area contributed by atoms with Gasteiger partial charge in [-0.05, 0) is 47.5 Å².